The van der Waals surface area contributed by atoms with Gasteiger partial charge in [0.2, 0.25) is 0 Å². The van der Waals surface area contributed by atoms with E-state index in [1.54, 1.807) is 12.4 Å². The van der Waals surface area contributed by atoms with Crippen molar-refractivity contribution in [3.8, 4) is 11.1 Å². The Kier molecular flexibility index (Phi) is 5.71. The summed E-state index contributed by atoms with van der Waals surface area (Å²) in [5.74, 6) is -0.984. The third kappa shape index (κ3) is 3.63. The zero-order chi connectivity index (χ0) is 17.7. The maximum atomic E-state index is 11.0. The minimum absolute atomic E-state index is 0.315. The minimum Gasteiger partial charge on any atom is -0.480 e. The molecule has 0 saturated heterocycles. The van der Waals surface area contributed by atoms with Gasteiger partial charge in [0.05, 0.1) is 0 Å². The Morgan fingerprint density at radius 1 is 1.21 bits per heavy atom. The van der Waals surface area contributed by atoms with Crippen molar-refractivity contribution >= 4 is 16.9 Å². The number of nitrogens with two attached hydrogens (primary N) is 1. The van der Waals surface area contributed by atoms with E-state index in [1.165, 1.54) is 0 Å². The molecular formula is C19H23N3O2. The molecule has 0 aliphatic carbocycles. The second-order valence-electron chi connectivity index (χ2n) is 5.37. The van der Waals surface area contributed by atoms with E-state index in [1.807, 2.05) is 45.0 Å². The van der Waals surface area contributed by atoms with Gasteiger partial charge < -0.3 is 15.8 Å². The molecule has 5 nitrogen and oxygen atoms in total. The number of hydrogen-bond donors (Lipinski definition) is 3. The van der Waals surface area contributed by atoms with E-state index in [4.69, 9.17) is 10.8 Å². The Bertz CT molecular complexity index is 825. The number of aryl methyl sites for hydroxylation is 1. The number of aromatic amines is 1. The van der Waals surface area contributed by atoms with Crippen LogP contribution in [-0.4, -0.2) is 27.1 Å². The summed E-state index contributed by atoms with van der Waals surface area (Å²) < 4.78 is 0. The van der Waals surface area contributed by atoms with Crippen LogP contribution in [0.15, 0.2) is 42.7 Å². The van der Waals surface area contributed by atoms with Gasteiger partial charge in [-0.3, -0.25) is 9.78 Å². The maximum absolute atomic E-state index is 11.0. The monoisotopic (exact) mass is 325 g/mol. The Hall–Kier alpha value is -2.66. The minimum atomic E-state index is -0.984. The summed E-state index contributed by atoms with van der Waals surface area (Å²) in [7, 11) is 0. The SMILES string of the molecule is CC.Cc1[nH]c2cc(-c3ccncc3)ccc2c1CC(N)C(=O)O. The molecule has 0 spiro atoms. The normalized spacial score (nSPS) is 11.7. The van der Waals surface area contributed by atoms with Gasteiger partial charge in [-0.15, -0.1) is 0 Å². The summed E-state index contributed by atoms with van der Waals surface area (Å²) in [5, 5.41) is 10.0. The maximum Gasteiger partial charge on any atom is 0.320 e. The molecule has 1 aromatic carbocycles. The summed E-state index contributed by atoms with van der Waals surface area (Å²) in [5.41, 5.74) is 10.8. The van der Waals surface area contributed by atoms with Crippen LogP contribution in [0.5, 0.6) is 0 Å². The fraction of sp³-hybridized carbons (Fsp3) is 0.263. The highest BCUT2D eigenvalue weighted by Crippen LogP contribution is 2.28. The first-order valence-corrected chi connectivity index (χ1v) is 8.06. The summed E-state index contributed by atoms with van der Waals surface area (Å²) in [6.45, 7) is 5.94. The first-order valence-electron chi connectivity index (χ1n) is 8.06. The number of benzene rings is 1. The fourth-order valence-corrected chi connectivity index (χ4v) is 2.68. The van der Waals surface area contributed by atoms with Gasteiger partial charge in [-0.25, -0.2) is 0 Å². The Balaban J connectivity index is 0.00000100. The van der Waals surface area contributed by atoms with E-state index in [0.29, 0.717) is 6.42 Å². The fourth-order valence-electron chi connectivity index (χ4n) is 2.68. The number of hydrogen-bond acceptors (Lipinski definition) is 3. The molecule has 5 heteroatoms. The number of rotatable bonds is 4. The van der Waals surface area contributed by atoms with Gasteiger partial charge in [0.15, 0.2) is 0 Å². The molecule has 0 bridgehead atoms. The second kappa shape index (κ2) is 7.75. The molecule has 1 atom stereocenters. The van der Waals surface area contributed by atoms with E-state index in [9.17, 15) is 4.79 Å². The molecule has 1 unspecified atom stereocenters. The summed E-state index contributed by atoms with van der Waals surface area (Å²) in [4.78, 5) is 18.3. The molecular weight excluding hydrogens is 302 g/mol. The molecule has 4 N–H and O–H groups in total. The molecule has 126 valence electrons. The van der Waals surface area contributed by atoms with Crippen molar-refractivity contribution in [2.45, 2.75) is 33.2 Å². The Labute approximate surface area is 141 Å². The number of aromatic nitrogens is 2. The zero-order valence-corrected chi connectivity index (χ0v) is 14.2. The van der Waals surface area contributed by atoms with Crippen LogP contribution in [0.3, 0.4) is 0 Å². The van der Waals surface area contributed by atoms with Gasteiger partial charge in [0.1, 0.15) is 6.04 Å². The third-order valence-electron chi connectivity index (χ3n) is 3.87. The van der Waals surface area contributed by atoms with Crippen molar-refractivity contribution < 1.29 is 9.90 Å². The molecule has 2 heterocycles. The lowest BCUT2D eigenvalue weighted by atomic mass is 10.0. The average Bonchev–Trinajstić information content (AvgIpc) is 2.92. The van der Waals surface area contributed by atoms with Gasteiger partial charge in [-0.05, 0) is 41.8 Å². The van der Waals surface area contributed by atoms with Gasteiger partial charge in [0, 0.05) is 35.4 Å². The van der Waals surface area contributed by atoms with Gasteiger partial charge in [0.25, 0.3) is 0 Å². The summed E-state index contributed by atoms with van der Waals surface area (Å²) >= 11 is 0. The topological polar surface area (TPSA) is 92.0 Å². The number of carboxylic acids is 1. The number of fused-ring (bicyclic) bond motifs is 1. The third-order valence-corrected chi connectivity index (χ3v) is 3.87. The van der Waals surface area contributed by atoms with Crippen molar-refractivity contribution in [1.29, 1.82) is 0 Å². The first-order chi connectivity index (χ1) is 11.6. The molecule has 3 aromatic rings. The van der Waals surface area contributed by atoms with Crippen LogP contribution in [0.1, 0.15) is 25.1 Å². The number of H-pyrrole nitrogens is 1. The predicted molar refractivity (Wildman–Crippen MR) is 96.9 cm³/mol. The molecule has 0 aliphatic heterocycles. The lowest BCUT2D eigenvalue weighted by molar-refractivity contribution is -0.138. The van der Waals surface area contributed by atoms with Crippen LogP contribution < -0.4 is 5.73 Å². The van der Waals surface area contributed by atoms with Crippen LogP contribution in [0, 0.1) is 6.92 Å². The molecule has 0 radical (unpaired) electrons. The second-order valence-corrected chi connectivity index (χ2v) is 5.37. The lowest BCUT2D eigenvalue weighted by Gasteiger charge is -2.07. The molecule has 3 rings (SSSR count). The molecule has 0 amide bonds. The van der Waals surface area contributed by atoms with E-state index in [-0.39, 0.29) is 0 Å². The van der Waals surface area contributed by atoms with Crippen LogP contribution in [0.4, 0.5) is 0 Å². The Morgan fingerprint density at radius 3 is 2.50 bits per heavy atom. The van der Waals surface area contributed by atoms with Crippen LogP contribution in [0.2, 0.25) is 0 Å². The highest BCUT2D eigenvalue weighted by atomic mass is 16.4. The Morgan fingerprint density at radius 2 is 1.88 bits per heavy atom. The van der Waals surface area contributed by atoms with Crippen molar-refractivity contribution in [3.63, 3.8) is 0 Å². The summed E-state index contributed by atoms with van der Waals surface area (Å²) in [6, 6.07) is 9.13. The number of aliphatic carboxylic acids is 1. The predicted octanol–water partition coefficient (Wildman–Crippen LogP) is 3.52. The zero-order valence-electron chi connectivity index (χ0n) is 14.2. The number of carbonyl (C=O) groups is 1. The van der Waals surface area contributed by atoms with Crippen molar-refractivity contribution in [2.75, 3.05) is 0 Å². The lowest BCUT2D eigenvalue weighted by Crippen LogP contribution is -2.32. The molecule has 0 fully saturated rings. The van der Waals surface area contributed by atoms with Crippen LogP contribution >= 0.6 is 0 Å². The van der Waals surface area contributed by atoms with Gasteiger partial charge in [-0.1, -0.05) is 26.0 Å². The van der Waals surface area contributed by atoms with E-state index >= 15 is 0 Å². The van der Waals surface area contributed by atoms with Gasteiger partial charge >= 0.3 is 5.97 Å². The average molecular weight is 325 g/mol. The highest BCUT2D eigenvalue weighted by Gasteiger charge is 2.17. The van der Waals surface area contributed by atoms with Crippen molar-refractivity contribution in [1.82, 2.24) is 9.97 Å². The van der Waals surface area contributed by atoms with Crippen LogP contribution in [-0.2, 0) is 11.2 Å². The number of nitrogens with zero attached hydrogens (tertiary/aromatic N) is 1. The highest BCUT2D eigenvalue weighted by molar-refractivity contribution is 5.89. The van der Waals surface area contributed by atoms with E-state index in [2.05, 4.69) is 16.0 Å². The quantitative estimate of drug-likeness (QED) is 0.684. The number of nitrogens with one attached hydrogen (secondary N) is 1. The van der Waals surface area contributed by atoms with E-state index in [0.717, 1.165) is 33.3 Å². The number of pyridine rings is 1. The van der Waals surface area contributed by atoms with Crippen molar-refractivity contribution in [2.24, 2.45) is 5.73 Å². The largest absolute Gasteiger partial charge is 0.480 e. The molecule has 0 aliphatic rings. The first kappa shape index (κ1) is 17.7. The number of carboxylic acid groups (broad SMARTS) is 1. The molecule has 2 aromatic heterocycles. The molecule has 24 heavy (non-hydrogen) atoms. The summed E-state index contributed by atoms with van der Waals surface area (Å²) in [6.07, 6.45) is 3.84. The van der Waals surface area contributed by atoms with Crippen LogP contribution in [0.25, 0.3) is 22.0 Å². The standard InChI is InChI=1S/C17H17N3O2.C2H6/c1-10-14(9-15(18)17(21)22)13-3-2-12(8-16(13)20-10)11-4-6-19-7-5-11;1-2/h2-8,15,20H,9,18H2,1H3,(H,21,22);1-2H3. The van der Waals surface area contributed by atoms with E-state index < -0.39 is 12.0 Å². The van der Waals surface area contributed by atoms with Gasteiger partial charge in [-0.2, -0.15) is 0 Å². The smallest absolute Gasteiger partial charge is 0.320 e. The van der Waals surface area contributed by atoms with Crippen molar-refractivity contribution in [3.05, 3.63) is 54.0 Å². The molecule has 0 saturated carbocycles.